The highest BCUT2D eigenvalue weighted by molar-refractivity contribution is 5.40. The van der Waals surface area contributed by atoms with E-state index in [9.17, 15) is 5.11 Å². The van der Waals surface area contributed by atoms with E-state index in [0.717, 1.165) is 23.6 Å². The summed E-state index contributed by atoms with van der Waals surface area (Å²) >= 11 is 0. The summed E-state index contributed by atoms with van der Waals surface area (Å²) in [6, 6.07) is 3.87. The van der Waals surface area contributed by atoms with Gasteiger partial charge in [0.05, 0.1) is 6.61 Å². The van der Waals surface area contributed by atoms with Crippen LogP contribution in [0.25, 0.3) is 0 Å². The van der Waals surface area contributed by atoms with Crippen LogP contribution >= 0.6 is 0 Å². The molecule has 0 aliphatic carbocycles. The number of rotatable bonds is 5. The third-order valence-corrected chi connectivity index (χ3v) is 2.37. The quantitative estimate of drug-likeness (QED) is 0.805. The Balaban J connectivity index is 2.86. The lowest BCUT2D eigenvalue weighted by Crippen LogP contribution is -2.10. The van der Waals surface area contributed by atoms with E-state index in [1.807, 2.05) is 12.1 Å². The molecule has 1 aromatic heterocycles. The molecule has 1 aromatic rings. The molecule has 0 saturated heterocycles. The molecule has 0 fully saturated rings. The zero-order valence-corrected chi connectivity index (χ0v) is 10.6. The summed E-state index contributed by atoms with van der Waals surface area (Å²) in [6.45, 7) is 9.50. The van der Waals surface area contributed by atoms with Gasteiger partial charge in [0.15, 0.2) is 0 Å². The van der Waals surface area contributed by atoms with Crippen LogP contribution in [0, 0.1) is 5.92 Å². The van der Waals surface area contributed by atoms with E-state index >= 15 is 0 Å². The highest BCUT2D eigenvalue weighted by Crippen LogP contribution is 2.17. The van der Waals surface area contributed by atoms with Gasteiger partial charge in [-0.3, -0.25) is 0 Å². The standard InChI is InChI=1S/C13H22N2O/c1-9(2)7-14-13-6-11(8-16)5-12(15-13)10(3)4/h5-6,9-10,16H,7-8H2,1-4H3,(H,14,15). The van der Waals surface area contributed by atoms with Crippen molar-refractivity contribution in [3.05, 3.63) is 23.4 Å². The van der Waals surface area contributed by atoms with E-state index in [1.165, 1.54) is 0 Å². The Kier molecular flexibility index (Phi) is 4.74. The lowest BCUT2D eigenvalue weighted by Gasteiger charge is -2.13. The first kappa shape index (κ1) is 13.0. The average molecular weight is 222 g/mol. The fraction of sp³-hybridized carbons (Fsp3) is 0.615. The molecule has 0 aliphatic heterocycles. The van der Waals surface area contributed by atoms with Gasteiger partial charge in [0, 0.05) is 12.2 Å². The first-order chi connectivity index (χ1) is 7.52. The average Bonchev–Trinajstić information content (AvgIpc) is 2.25. The fourth-order valence-electron chi connectivity index (χ4n) is 1.40. The Morgan fingerprint density at radius 1 is 1.25 bits per heavy atom. The molecule has 1 heterocycles. The van der Waals surface area contributed by atoms with Crippen molar-refractivity contribution in [2.24, 2.45) is 5.92 Å². The van der Waals surface area contributed by atoms with Crippen LogP contribution in [0.5, 0.6) is 0 Å². The number of anilines is 1. The summed E-state index contributed by atoms with van der Waals surface area (Å²) in [5, 5.41) is 12.5. The van der Waals surface area contributed by atoms with Gasteiger partial charge < -0.3 is 10.4 Å². The van der Waals surface area contributed by atoms with Crippen molar-refractivity contribution in [2.45, 2.75) is 40.2 Å². The van der Waals surface area contributed by atoms with Gasteiger partial charge in [-0.25, -0.2) is 4.98 Å². The fourth-order valence-corrected chi connectivity index (χ4v) is 1.40. The van der Waals surface area contributed by atoms with Crippen molar-refractivity contribution >= 4 is 5.82 Å². The predicted octanol–water partition coefficient (Wildman–Crippen LogP) is 2.77. The Hall–Kier alpha value is -1.09. The van der Waals surface area contributed by atoms with Gasteiger partial charge in [0.2, 0.25) is 0 Å². The van der Waals surface area contributed by atoms with Crippen LogP contribution in [0.3, 0.4) is 0 Å². The van der Waals surface area contributed by atoms with E-state index in [2.05, 4.69) is 38.0 Å². The van der Waals surface area contributed by atoms with Crippen LogP contribution in [-0.2, 0) is 6.61 Å². The van der Waals surface area contributed by atoms with Gasteiger partial charge in [-0.05, 0) is 29.5 Å². The summed E-state index contributed by atoms with van der Waals surface area (Å²) in [5.41, 5.74) is 1.95. The van der Waals surface area contributed by atoms with Crippen LogP contribution < -0.4 is 5.32 Å². The third kappa shape index (κ3) is 3.81. The Bertz CT molecular complexity index is 335. The molecule has 0 saturated carbocycles. The molecular weight excluding hydrogens is 200 g/mol. The molecule has 0 spiro atoms. The van der Waals surface area contributed by atoms with E-state index in [1.54, 1.807) is 0 Å². The van der Waals surface area contributed by atoms with Gasteiger partial charge >= 0.3 is 0 Å². The largest absolute Gasteiger partial charge is 0.392 e. The highest BCUT2D eigenvalue weighted by atomic mass is 16.3. The number of aromatic nitrogens is 1. The minimum absolute atomic E-state index is 0.0681. The van der Waals surface area contributed by atoms with Gasteiger partial charge in [-0.1, -0.05) is 27.7 Å². The SMILES string of the molecule is CC(C)CNc1cc(CO)cc(C(C)C)n1. The first-order valence-electron chi connectivity index (χ1n) is 5.88. The van der Waals surface area contributed by atoms with Gasteiger partial charge in [0.1, 0.15) is 5.82 Å². The van der Waals surface area contributed by atoms with E-state index in [0.29, 0.717) is 11.8 Å². The monoisotopic (exact) mass is 222 g/mol. The minimum Gasteiger partial charge on any atom is -0.392 e. The lowest BCUT2D eigenvalue weighted by atomic mass is 10.1. The van der Waals surface area contributed by atoms with Crippen LogP contribution in [0.4, 0.5) is 5.82 Å². The maximum Gasteiger partial charge on any atom is 0.126 e. The summed E-state index contributed by atoms with van der Waals surface area (Å²) in [6.07, 6.45) is 0. The van der Waals surface area contributed by atoms with Crippen molar-refractivity contribution in [3.8, 4) is 0 Å². The molecule has 0 aromatic carbocycles. The number of nitrogens with one attached hydrogen (secondary N) is 1. The van der Waals surface area contributed by atoms with Crippen molar-refractivity contribution in [1.29, 1.82) is 0 Å². The molecule has 3 heteroatoms. The van der Waals surface area contributed by atoms with Crippen LogP contribution in [-0.4, -0.2) is 16.6 Å². The molecule has 0 unspecified atom stereocenters. The first-order valence-corrected chi connectivity index (χ1v) is 5.88. The van der Waals surface area contributed by atoms with Crippen LogP contribution in [0.1, 0.15) is 44.9 Å². The molecule has 0 radical (unpaired) electrons. The number of nitrogens with zero attached hydrogens (tertiary/aromatic N) is 1. The summed E-state index contributed by atoms with van der Waals surface area (Å²) in [7, 11) is 0. The minimum atomic E-state index is 0.0681. The van der Waals surface area contributed by atoms with Crippen molar-refractivity contribution in [2.75, 3.05) is 11.9 Å². The Labute approximate surface area is 97.9 Å². The zero-order chi connectivity index (χ0) is 12.1. The van der Waals surface area contributed by atoms with Crippen LogP contribution in [0.15, 0.2) is 12.1 Å². The van der Waals surface area contributed by atoms with Crippen molar-refractivity contribution < 1.29 is 5.11 Å². The van der Waals surface area contributed by atoms with E-state index in [-0.39, 0.29) is 6.61 Å². The third-order valence-electron chi connectivity index (χ3n) is 2.37. The smallest absolute Gasteiger partial charge is 0.126 e. The summed E-state index contributed by atoms with van der Waals surface area (Å²) in [5.74, 6) is 1.83. The number of aliphatic hydroxyl groups is 1. The molecule has 0 amide bonds. The molecule has 0 aliphatic rings. The molecule has 0 atom stereocenters. The maximum absolute atomic E-state index is 9.19. The van der Waals surface area contributed by atoms with Gasteiger partial charge in [-0.2, -0.15) is 0 Å². The predicted molar refractivity (Wildman–Crippen MR) is 67.6 cm³/mol. The zero-order valence-electron chi connectivity index (χ0n) is 10.6. The van der Waals surface area contributed by atoms with Crippen molar-refractivity contribution in [1.82, 2.24) is 4.98 Å². The second-order valence-corrected chi connectivity index (χ2v) is 4.87. The molecule has 1 rings (SSSR count). The Morgan fingerprint density at radius 3 is 2.44 bits per heavy atom. The molecule has 3 nitrogen and oxygen atoms in total. The lowest BCUT2D eigenvalue weighted by molar-refractivity contribution is 0.281. The molecule has 0 bridgehead atoms. The molecule has 90 valence electrons. The second kappa shape index (κ2) is 5.85. The second-order valence-electron chi connectivity index (χ2n) is 4.87. The summed E-state index contributed by atoms with van der Waals surface area (Å²) < 4.78 is 0. The van der Waals surface area contributed by atoms with Gasteiger partial charge in [0.25, 0.3) is 0 Å². The van der Waals surface area contributed by atoms with Crippen LogP contribution in [0.2, 0.25) is 0 Å². The number of pyridine rings is 1. The van der Waals surface area contributed by atoms with E-state index < -0.39 is 0 Å². The number of hydrogen-bond acceptors (Lipinski definition) is 3. The molecular formula is C13H22N2O. The topological polar surface area (TPSA) is 45.1 Å². The van der Waals surface area contributed by atoms with Gasteiger partial charge in [-0.15, -0.1) is 0 Å². The summed E-state index contributed by atoms with van der Waals surface area (Å²) in [4.78, 5) is 4.53. The number of hydrogen-bond donors (Lipinski definition) is 2. The number of aliphatic hydroxyl groups excluding tert-OH is 1. The normalized spacial score (nSPS) is 11.2. The molecule has 2 N–H and O–H groups in total. The van der Waals surface area contributed by atoms with E-state index in [4.69, 9.17) is 0 Å². The highest BCUT2D eigenvalue weighted by Gasteiger charge is 2.06. The molecule has 16 heavy (non-hydrogen) atoms. The maximum atomic E-state index is 9.19. The van der Waals surface area contributed by atoms with Crippen molar-refractivity contribution in [3.63, 3.8) is 0 Å². The Morgan fingerprint density at radius 2 is 1.94 bits per heavy atom.